The standard InChI is InChI=1S/C13H11BrFNO/c1-8-10(6-16-7-11(8)14)9-4-3-5-12(17-2)13(9)15/h3-7H,1-2H3. The molecule has 0 aliphatic rings. The number of methoxy groups -OCH3 is 1. The largest absolute Gasteiger partial charge is 0.494 e. The molecule has 0 bridgehead atoms. The first kappa shape index (κ1) is 12.0. The molecule has 1 aromatic heterocycles. The lowest BCUT2D eigenvalue weighted by Crippen LogP contribution is -1.94. The van der Waals surface area contributed by atoms with E-state index >= 15 is 0 Å². The van der Waals surface area contributed by atoms with Gasteiger partial charge in [0.05, 0.1) is 7.11 Å². The summed E-state index contributed by atoms with van der Waals surface area (Å²) < 4.78 is 19.9. The maximum absolute atomic E-state index is 14.1. The average molecular weight is 296 g/mol. The van der Waals surface area contributed by atoms with E-state index in [0.717, 1.165) is 15.6 Å². The lowest BCUT2D eigenvalue weighted by Gasteiger charge is -2.10. The first-order valence-corrected chi connectivity index (χ1v) is 5.87. The summed E-state index contributed by atoms with van der Waals surface area (Å²) in [6, 6.07) is 5.07. The highest BCUT2D eigenvalue weighted by molar-refractivity contribution is 9.10. The Morgan fingerprint density at radius 3 is 2.71 bits per heavy atom. The van der Waals surface area contributed by atoms with Crippen molar-refractivity contribution in [3.8, 4) is 16.9 Å². The van der Waals surface area contributed by atoms with Gasteiger partial charge in [0.1, 0.15) is 0 Å². The van der Waals surface area contributed by atoms with Crippen LogP contribution in [-0.2, 0) is 0 Å². The molecule has 0 fully saturated rings. The van der Waals surface area contributed by atoms with Crippen LogP contribution in [0.3, 0.4) is 0 Å². The Labute approximate surface area is 108 Å². The zero-order valence-corrected chi connectivity index (χ0v) is 11.1. The monoisotopic (exact) mass is 295 g/mol. The van der Waals surface area contributed by atoms with Crippen LogP contribution in [0.5, 0.6) is 5.75 Å². The molecule has 0 N–H and O–H groups in total. The van der Waals surface area contributed by atoms with E-state index in [9.17, 15) is 4.39 Å². The lowest BCUT2D eigenvalue weighted by molar-refractivity contribution is 0.387. The molecule has 0 saturated heterocycles. The fourth-order valence-electron chi connectivity index (χ4n) is 1.65. The number of rotatable bonds is 2. The van der Waals surface area contributed by atoms with E-state index < -0.39 is 0 Å². The van der Waals surface area contributed by atoms with Gasteiger partial charge in [0.15, 0.2) is 11.6 Å². The molecule has 1 heterocycles. The van der Waals surface area contributed by atoms with Crippen LogP contribution in [0.15, 0.2) is 35.1 Å². The summed E-state index contributed by atoms with van der Waals surface area (Å²) in [6.45, 7) is 1.92. The second kappa shape index (κ2) is 4.84. The summed E-state index contributed by atoms with van der Waals surface area (Å²) in [5.41, 5.74) is 2.21. The van der Waals surface area contributed by atoms with Gasteiger partial charge < -0.3 is 4.74 Å². The topological polar surface area (TPSA) is 22.1 Å². The minimum absolute atomic E-state index is 0.238. The number of halogens is 2. The molecule has 88 valence electrons. The number of pyridine rings is 1. The van der Waals surface area contributed by atoms with Crippen LogP contribution in [0.1, 0.15) is 5.56 Å². The van der Waals surface area contributed by atoms with Crippen molar-refractivity contribution in [3.05, 3.63) is 46.4 Å². The Morgan fingerprint density at radius 1 is 1.24 bits per heavy atom. The van der Waals surface area contributed by atoms with Crippen molar-refractivity contribution < 1.29 is 9.13 Å². The SMILES string of the molecule is COc1cccc(-c2cncc(Br)c2C)c1F. The van der Waals surface area contributed by atoms with Crippen molar-refractivity contribution in [1.29, 1.82) is 0 Å². The molecule has 0 spiro atoms. The molecule has 0 aliphatic heterocycles. The van der Waals surface area contributed by atoms with E-state index in [1.807, 2.05) is 6.92 Å². The molecule has 2 nitrogen and oxygen atoms in total. The third kappa shape index (κ3) is 2.17. The lowest BCUT2D eigenvalue weighted by atomic mass is 10.0. The fourth-order valence-corrected chi connectivity index (χ4v) is 1.98. The maximum atomic E-state index is 14.1. The third-order valence-electron chi connectivity index (χ3n) is 2.63. The molecule has 0 aliphatic carbocycles. The summed E-state index contributed by atoms with van der Waals surface area (Å²) >= 11 is 3.39. The fraction of sp³-hybridized carbons (Fsp3) is 0.154. The highest BCUT2D eigenvalue weighted by atomic mass is 79.9. The van der Waals surface area contributed by atoms with E-state index in [2.05, 4.69) is 20.9 Å². The number of hydrogen-bond donors (Lipinski definition) is 0. The van der Waals surface area contributed by atoms with Crippen LogP contribution in [-0.4, -0.2) is 12.1 Å². The molecule has 0 amide bonds. The van der Waals surface area contributed by atoms with E-state index in [-0.39, 0.29) is 11.6 Å². The molecule has 2 rings (SSSR count). The Hall–Kier alpha value is -1.42. The number of ether oxygens (including phenoxy) is 1. The zero-order chi connectivity index (χ0) is 12.4. The van der Waals surface area contributed by atoms with Crippen molar-refractivity contribution >= 4 is 15.9 Å². The van der Waals surface area contributed by atoms with Crippen molar-refractivity contribution in [2.45, 2.75) is 6.92 Å². The molecule has 0 atom stereocenters. The van der Waals surface area contributed by atoms with Gasteiger partial charge in [0.25, 0.3) is 0 Å². The molecule has 1 aromatic carbocycles. The van der Waals surface area contributed by atoms with E-state index in [1.165, 1.54) is 7.11 Å². The van der Waals surface area contributed by atoms with E-state index in [4.69, 9.17) is 4.74 Å². The summed E-state index contributed by atoms with van der Waals surface area (Å²) in [5, 5.41) is 0. The van der Waals surface area contributed by atoms with Gasteiger partial charge in [-0.1, -0.05) is 12.1 Å². The normalized spacial score (nSPS) is 10.4. The minimum atomic E-state index is -0.363. The average Bonchev–Trinajstić information content (AvgIpc) is 2.33. The summed E-state index contributed by atoms with van der Waals surface area (Å²) in [4.78, 5) is 4.06. The Bertz CT molecular complexity index is 557. The Morgan fingerprint density at radius 2 is 2.00 bits per heavy atom. The predicted molar refractivity (Wildman–Crippen MR) is 68.6 cm³/mol. The van der Waals surface area contributed by atoms with Crippen LogP contribution in [0.2, 0.25) is 0 Å². The van der Waals surface area contributed by atoms with Gasteiger partial charge in [0, 0.05) is 28.0 Å². The molecule has 17 heavy (non-hydrogen) atoms. The van der Waals surface area contributed by atoms with Crippen LogP contribution in [0, 0.1) is 12.7 Å². The van der Waals surface area contributed by atoms with Gasteiger partial charge in [-0.05, 0) is 34.5 Å². The second-order valence-corrected chi connectivity index (χ2v) is 4.47. The van der Waals surface area contributed by atoms with Gasteiger partial charge in [0.2, 0.25) is 0 Å². The van der Waals surface area contributed by atoms with Crippen molar-refractivity contribution in [2.24, 2.45) is 0 Å². The van der Waals surface area contributed by atoms with Gasteiger partial charge in [-0.3, -0.25) is 4.98 Å². The number of aromatic nitrogens is 1. The van der Waals surface area contributed by atoms with Crippen LogP contribution in [0.4, 0.5) is 4.39 Å². The van der Waals surface area contributed by atoms with Crippen LogP contribution >= 0.6 is 15.9 Å². The molecule has 2 aromatic rings. The molecule has 0 unspecified atom stereocenters. The van der Waals surface area contributed by atoms with Crippen molar-refractivity contribution in [2.75, 3.05) is 7.11 Å². The first-order valence-electron chi connectivity index (χ1n) is 5.08. The maximum Gasteiger partial charge on any atom is 0.172 e. The van der Waals surface area contributed by atoms with Gasteiger partial charge in [-0.15, -0.1) is 0 Å². The van der Waals surface area contributed by atoms with Crippen molar-refractivity contribution in [3.63, 3.8) is 0 Å². The number of nitrogens with zero attached hydrogens (tertiary/aromatic N) is 1. The molecule has 4 heteroatoms. The van der Waals surface area contributed by atoms with Crippen LogP contribution in [0.25, 0.3) is 11.1 Å². The number of hydrogen-bond acceptors (Lipinski definition) is 2. The van der Waals surface area contributed by atoms with E-state index in [1.54, 1.807) is 30.6 Å². The third-order valence-corrected chi connectivity index (χ3v) is 3.43. The first-order chi connectivity index (χ1) is 8.15. The zero-order valence-electron chi connectivity index (χ0n) is 9.50. The Balaban J connectivity index is 2.65. The quantitative estimate of drug-likeness (QED) is 0.836. The summed E-state index contributed by atoms with van der Waals surface area (Å²) in [6.07, 6.45) is 3.34. The van der Waals surface area contributed by atoms with Gasteiger partial charge >= 0.3 is 0 Å². The molecule has 0 saturated carbocycles. The van der Waals surface area contributed by atoms with Crippen LogP contribution < -0.4 is 4.74 Å². The number of benzene rings is 1. The van der Waals surface area contributed by atoms with Crippen molar-refractivity contribution in [1.82, 2.24) is 4.98 Å². The second-order valence-electron chi connectivity index (χ2n) is 3.62. The smallest absolute Gasteiger partial charge is 0.172 e. The molecular formula is C13H11BrFNO. The van der Waals surface area contributed by atoms with Gasteiger partial charge in [-0.25, -0.2) is 4.39 Å². The Kier molecular flexibility index (Phi) is 3.43. The summed E-state index contributed by atoms with van der Waals surface area (Å²) in [5.74, 6) is -0.125. The highest BCUT2D eigenvalue weighted by Crippen LogP contribution is 2.32. The minimum Gasteiger partial charge on any atom is -0.494 e. The van der Waals surface area contributed by atoms with Gasteiger partial charge in [-0.2, -0.15) is 0 Å². The highest BCUT2D eigenvalue weighted by Gasteiger charge is 2.13. The van der Waals surface area contributed by atoms with E-state index in [0.29, 0.717) is 5.56 Å². The molecule has 0 radical (unpaired) electrons. The summed E-state index contributed by atoms with van der Waals surface area (Å²) in [7, 11) is 1.45. The predicted octanol–water partition coefficient (Wildman–Crippen LogP) is 3.97. The molecular weight excluding hydrogens is 285 g/mol.